The standard InChI is InChI=1S/C16H17Cl2NO3S2/c1-2-14-3-4-16(23-14)24(20,21)19-5-6-22-15(10-19)11-7-12(17)9-13(18)8-11/h3-4,7-9,15H,2,5-6,10H2,1H3. The topological polar surface area (TPSA) is 46.6 Å². The molecule has 1 atom stereocenters. The Balaban J connectivity index is 1.84. The predicted molar refractivity (Wildman–Crippen MR) is 97.6 cm³/mol. The number of halogens is 2. The minimum Gasteiger partial charge on any atom is -0.371 e. The minimum absolute atomic E-state index is 0.248. The molecule has 3 rings (SSSR count). The van der Waals surface area contributed by atoms with Gasteiger partial charge >= 0.3 is 0 Å². The van der Waals surface area contributed by atoms with Crippen LogP contribution in [-0.2, 0) is 21.2 Å². The third-order valence-electron chi connectivity index (χ3n) is 3.87. The van der Waals surface area contributed by atoms with Gasteiger partial charge in [0.2, 0.25) is 0 Å². The Morgan fingerprint density at radius 3 is 2.58 bits per heavy atom. The van der Waals surface area contributed by atoms with Crippen molar-refractivity contribution in [1.82, 2.24) is 4.31 Å². The fourth-order valence-electron chi connectivity index (χ4n) is 2.62. The third-order valence-corrected chi connectivity index (χ3v) is 7.86. The SMILES string of the molecule is CCc1ccc(S(=O)(=O)N2CCOC(c3cc(Cl)cc(Cl)c3)C2)s1. The van der Waals surface area contributed by atoms with Crippen molar-refractivity contribution in [3.63, 3.8) is 0 Å². The lowest BCUT2D eigenvalue weighted by atomic mass is 10.1. The van der Waals surface area contributed by atoms with E-state index in [2.05, 4.69) is 0 Å². The second-order valence-corrected chi connectivity index (χ2v) is 9.71. The van der Waals surface area contributed by atoms with E-state index in [1.54, 1.807) is 24.3 Å². The van der Waals surface area contributed by atoms with Crippen LogP contribution in [0, 0.1) is 0 Å². The van der Waals surface area contributed by atoms with Crippen LogP contribution in [0.1, 0.15) is 23.5 Å². The van der Waals surface area contributed by atoms with Crippen LogP contribution in [0.15, 0.2) is 34.5 Å². The van der Waals surface area contributed by atoms with Crippen LogP contribution in [0.25, 0.3) is 0 Å². The molecule has 1 unspecified atom stereocenters. The molecule has 0 bridgehead atoms. The molecule has 130 valence electrons. The van der Waals surface area contributed by atoms with Crippen molar-refractivity contribution in [1.29, 1.82) is 0 Å². The summed E-state index contributed by atoms with van der Waals surface area (Å²) in [4.78, 5) is 1.06. The summed E-state index contributed by atoms with van der Waals surface area (Å²) in [5.74, 6) is 0. The summed E-state index contributed by atoms with van der Waals surface area (Å²) < 4.78 is 33.3. The normalized spacial score (nSPS) is 19.5. The molecule has 1 aromatic carbocycles. The molecule has 0 aliphatic carbocycles. The van der Waals surface area contributed by atoms with E-state index in [1.165, 1.54) is 15.6 Å². The van der Waals surface area contributed by atoms with E-state index in [1.807, 2.05) is 13.0 Å². The number of hydrogen-bond acceptors (Lipinski definition) is 4. The largest absolute Gasteiger partial charge is 0.371 e. The summed E-state index contributed by atoms with van der Waals surface area (Å²) in [6.45, 7) is 2.93. The highest BCUT2D eigenvalue weighted by molar-refractivity contribution is 7.91. The molecular weight excluding hydrogens is 389 g/mol. The molecule has 0 saturated carbocycles. The number of aryl methyl sites for hydroxylation is 1. The summed E-state index contributed by atoms with van der Waals surface area (Å²) in [5.41, 5.74) is 0.785. The number of nitrogens with zero attached hydrogens (tertiary/aromatic N) is 1. The van der Waals surface area contributed by atoms with Crippen molar-refractivity contribution in [2.45, 2.75) is 23.7 Å². The van der Waals surface area contributed by atoms with Crippen molar-refractivity contribution in [2.24, 2.45) is 0 Å². The van der Waals surface area contributed by atoms with E-state index >= 15 is 0 Å². The van der Waals surface area contributed by atoms with Crippen molar-refractivity contribution in [2.75, 3.05) is 19.7 Å². The fourth-order valence-corrected chi connectivity index (χ4v) is 6.04. The number of hydrogen-bond donors (Lipinski definition) is 0. The second-order valence-electron chi connectivity index (χ2n) is 5.50. The van der Waals surface area contributed by atoms with Crippen molar-refractivity contribution in [3.05, 3.63) is 50.8 Å². The van der Waals surface area contributed by atoms with Crippen LogP contribution in [0.3, 0.4) is 0 Å². The van der Waals surface area contributed by atoms with Gasteiger partial charge in [0, 0.05) is 28.0 Å². The average molecular weight is 406 g/mol. The molecule has 0 spiro atoms. The highest BCUT2D eigenvalue weighted by Crippen LogP contribution is 2.32. The monoisotopic (exact) mass is 405 g/mol. The molecular formula is C16H17Cl2NO3S2. The van der Waals surface area contributed by atoms with Gasteiger partial charge < -0.3 is 4.74 Å². The Bertz CT molecular complexity index is 815. The highest BCUT2D eigenvalue weighted by Gasteiger charge is 2.32. The van der Waals surface area contributed by atoms with Gasteiger partial charge in [-0.1, -0.05) is 30.1 Å². The summed E-state index contributed by atoms with van der Waals surface area (Å²) in [7, 11) is -3.51. The van der Waals surface area contributed by atoms with Gasteiger partial charge in [-0.2, -0.15) is 4.31 Å². The van der Waals surface area contributed by atoms with Gasteiger partial charge in [0.25, 0.3) is 10.0 Å². The fraction of sp³-hybridized carbons (Fsp3) is 0.375. The van der Waals surface area contributed by atoms with Crippen LogP contribution in [-0.4, -0.2) is 32.4 Å². The molecule has 0 amide bonds. The molecule has 1 saturated heterocycles. The molecule has 24 heavy (non-hydrogen) atoms. The molecule has 2 aromatic rings. The van der Waals surface area contributed by atoms with Crippen LogP contribution < -0.4 is 0 Å². The van der Waals surface area contributed by atoms with E-state index in [4.69, 9.17) is 27.9 Å². The van der Waals surface area contributed by atoms with Crippen molar-refractivity contribution >= 4 is 44.6 Å². The quantitative estimate of drug-likeness (QED) is 0.757. The van der Waals surface area contributed by atoms with Crippen LogP contribution >= 0.6 is 34.5 Å². The summed E-state index contributed by atoms with van der Waals surface area (Å²) in [6.07, 6.45) is 0.447. The van der Waals surface area contributed by atoms with E-state index < -0.39 is 10.0 Å². The molecule has 0 N–H and O–H groups in total. The number of thiophene rings is 1. The first kappa shape index (κ1) is 18.2. The van der Waals surface area contributed by atoms with Gasteiger partial charge in [-0.05, 0) is 42.3 Å². The first-order valence-electron chi connectivity index (χ1n) is 7.56. The van der Waals surface area contributed by atoms with E-state index in [0.29, 0.717) is 27.4 Å². The van der Waals surface area contributed by atoms with Crippen LogP contribution in [0.5, 0.6) is 0 Å². The number of rotatable bonds is 4. The zero-order valence-electron chi connectivity index (χ0n) is 13.0. The number of sulfonamides is 1. The molecule has 1 aromatic heterocycles. The Morgan fingerprint density at radius 1 is 1.25 bits per heavy atom. The van der Waals surface area contributed by atoms with E-state index in [9.17, 15) is 8.42 Å². The van der Waals surface area contributed by atoms with Gasteiger partial charge in [-0.3, -0.25) is 0 Å². The van der Waals surface area contributed by atoms with Gasteiger partial charge in [0.15, 0.2) is 0 Å². The van der Waals surface area contributed by atoms with E-state index in [-0.39, 0.29) is 12.6 Å². The highest BCUT2D eigenvalue weighted by atomic mass is 35.5. The molecule has 8 heteroatoms. The zero-order chi connectivity index (χ0) is 17.3. The van der Waals surface area contributed by atoms with Crippen molar-refractivity contribution in [3.8, 4) is 0 Å². The van der Waals surface area contributed by atoms with Gasteiger partial charge in [0.05, 0.1) is 12.7 Å². The molecule has 1 aliphatic rings. The average Bonchev–Trinajstić information content (AvgIpc) is 3.04. The smallest absolute Gasteiger partial charge is 0.252 e. The van der Waals surface area contributed by atoms with Gasteiger partial charge in [-0.15, -0.1) is 11.3 Å². The number of ether oxygens (including phenoxy) is 1. The maximum absolute atomic E-state index is 12.9. The van der Waals surface area contributed by atoms with Gasteiger partial charge in [-0.25, -0.2) is 8.42 Å². The lowest BCUT2D eigenvalue weighted by Gasteiger charge is -2.32. The van der Waals surface area contributed by atoms with E-state index in [0.717, 1.165) is 16.9 Å². The maximum atomic E-state index is 12.9. The van der Waals surface area contributed by atoms with Crippen LogP contribution in [0.4, 0.5) is 0 Å². The molecule has 1 aliphatic heterocycles. The zero-order valence-corrected chi connectivity index (χ0v) is 16.2. The Labute approximate surface area is 156 Å². The molecule has 1 fully saturated rings. The number of benzene rings is 1. The number of morpholine rings is 1. The lowest BCUT2D eigenvalue weighted by molar-refractivity contribution is -0.00249. The van der Waals surface area contributed by atoms with Gasteiger partial charge in [0.1, 0.15) is 4.21 Å². The summed E-state index contributed by atoms with van der Waals surface area (Å²) >= 11 is 13.4. The maximum Gasteiger partial charge on any atom is 0.252 e. The second kappa shape index (κ2) is 7.32. The van der Waals surface area contributed by atoms with Crippen molar-refractivity contribution < 1.29 is 13.2 Å². The predicted octanol–water partition coefficient (Wildman–Crippen LogP) is 4.38. The molecule has 4 nitrogen and oxygen atoms in total. The lowest BCUT2D eigenvalue weighted by Crippen LogP contribution is -2.41. The summed E-state index contributed by atoms with van der Waals surface area (Å²) in [6, 6.07) is 8.71. The summed E-state index contributed by atoms with van der Waals surface area (Å²) in [5, 5.41) is 1.01. The van der Waals surface area contributed by atoms with Crippen LogP contribution in [0.2, 0.25) is 10.0 Å². The molecule has 0 radical (unpaired) electrons. The Kier molecular flexibility index (Phi) is 5.54. The third kappa shape index (κ3) is 3.79. The minimum atomic E-state index is -3.51. The molecule has 2 heterocycles. The first-order valence-corrected chi connectivity index (χ1v) is 10.6. The first-order chi connectivity index (χ1) is 11.4. The Morgan fingerprint density at radius 2 is 1.96 bits per heavy atom. The Hall–Kier alpha value is -0.630.